The fraction of sp³-hybridized carbons (Fsp3) is 0.455. The van der Waals surface area contributed by atoms with Crippen LogP contribution >= 0.6 is 0 Å². The minimum Gasteiger partial charge on any atom is -0.338 e. The quantitative estimate of drug-likeness (QED) is 0.783. The van der Waals surface area contributed by atoms with Crippen molar-refractivity contribution in [2.24, 2.45) is 5.73 Å². The van der Waals surface area contributed by atoms with E-state index in [0.717, 1.165) is 30.1 Å². The average Bonchev–Trinajstić information content (AvgIpc) is 2.94. The number of anilines is 1. The van der Waals surface area contributed by atoms with E-state index in [-0.39, 0.29) is 0 Å². The lowest BCUT2D eigenvalue weighted by Crippen LogP contribution is -2.36. The van der Waals surface area contributed by atoms with Crippen molar-refractivity contribution in [2.45, 2.75) is 18.9 Å². The molecule has 0 aliphatic carbocycles. The Morgan fingerprint density at radius 1 is 1.56 bits per heavy atom. The van der Waals surface area contributed by atoms with Gasteiger partial charge in [0.05, 0.1) is 5.52 Å². The van der Waals surface area contributed by atoms with Crippen LogP contribution in [0.15, 0.2) is 18.3 Å². The molecule has 1 unspecified atom stereocenters. The first kappa shape index (κ1) is 9.59. The van der Waals surface area contributed by atoms with Gasteiger partial charge in [-0.05, 0) is 25.0 Å². The number of pyridine rings is 1. The highest BCUT2D eigenvalue weighted by Gasteiger charge is 2.25. The SMILES string of the molecule is NCC1CCCN1c1nc2ncccc2[nH]1. The Balaban J connectivity index is 1.99. The van der Waals surface area contributed by atoms with Crippen LogP contribution in [0.1, 0.15) is 12.8 Å². The molecule has 0 saturated carbocycles. The molecule has 0 radical (unpaired) electrons. The van der Waals surface area contributed by atoms with Gasteiger partial charge in [-0.2, -0.15) is 4.98 Å². The Hall–Kier alpha value is -1.62. The van der Waals surface area contributed by atoms with E-state index in [0.29, 0.717) is 12.6 Å². The number of fused-ring (bicyclic) bond motifs is 1. The zero-order valence-electron chi connectivity index (χ0n) is 9.06. The van der Waals surface area contributed by atoms with Crippen molar-refractivity contribution in [3.63, 3.8) is 0 Å². The zero-order valence-corrected chi connectivity index (χ0v) is 9.06. The topological polar surface area (TPSA) is 70.8 Å². The molecule has 1 fully saturated rings. The van der Waals surface area contributed by atoms with Crippen molar-refractivity contribution < 1.29 is 0 Å². The van der Waals surface area contributed by atoms with Crippen LogP contribution in [0.2, 0.25) is 0 Å². The van der Waals surface area contributed by atoms with E-state index in [1.165, 1.54) is 6.42 Å². The molecule has 0 spiro atoms. The monoisotopic (exact) mass is 217 g/mol. The summed E-state index contributed by atoms with van der Waals surface area (Å²) < 4.78 is 0. The third-order valence-electron chi connectivity index (χ3n) is 3.17. The van der Waals surface area contributed by atoms with E-state index in [1.807, 2.05) is 12.1 Å². The number of hydrogen-bond acceptors (Lipinski definition) is 4. The number of aromatic amines is 1. The van der Waals surface area contributed by atoms with E-state index < -0.39 is 0 Å². The van der Waals surface area contributed by atoms with Crippen molar-refractivity contribution in [3.8, 4) is 0 Å². The first-order chi connectivity index (χ1) is 7.88. The third-order valence-corrected chi connectivity index (χ3v) is 3.17. The molecule has 2 aromatic rings. The second-order valence-corrected chi connectivity index (χ2v) is 4.16. The van der Waals surface area contributed by atoms with Crippen molar-refractivity contribution in [1.82, 2.24) is 15.0 Å². The smallest absolute Gasteiger partial charge is 0.205 e. The third kappa shape index (κ3) is 1.44. The molecular weight excluding hydrogens is 202 g/mol. The van der Waals surface area contributed by atoms with E-state index in [1.54, 1.807) is 6.20 Å². The van der Waals surface area contributed by atoms with E-state index >= 15 is 0 Å². The first-order valence-corrected chi connectivity index (χ1v) is 5.66. The van der Waals surface area contributed by atoms with Crippen LogP contribution in [0.5, 0.6) is 0 Å². The normalized spacial score (nSPS) is 20.8. The molecule has 3 N–H and O–H groups in total. The Kier molecular flexibility index (Phi) is 2.25. The molecule has 0 aromatic carbocycles. The van der Waals surface area contributed by atoms with E-state index in [4.69, 9.17) is 5.73 Å². The second-order valence-electron chi connectivity index (χ2n) is 4.16. The molecule has 3 heterocycles. The van der Waals surface area contributed by atoms with Crippen molar-refractivity contribution in [1.29, 1.82) is 0 Å². The summed E-state index contributed by atoms with van der Waals surface area (Å²) in [5.74, 6) is 0.904. The second kappa shape index (κ2) is 3.75. The predicted molar refractivity (Wildman–Crippen MR) is 63.3 cm³/mol. The molecular formula is C11H15N5. The summed E-state index contributed by atoms with van der Waals surface area (Å²) >= 11 is 0. The summed E-state index contributed by atoms with van der Waals surface area (Å²) in [6.45, 7) is 1.71. The molecule has 3 rings (SSSR count). The molecule has 1 aliphatic rings. The average molecular weight is 217 g/mol. The number of H-pyrrole nitrogens is 1. The van der Waals surface area contributed by atoms with Crippen molar-refractivity contribution in [3.05, 3.63) is 18.3 Å². The van der Waals surface area contributed by atoms with Gasteiger partial charge in [0.25, 0.3) is 0 Å². The Morgan fingerprint density at radius 2 is 2.50 bits per heavy atom. The summed E-state index contributed by atoms with van der Waals surface area (Å²) in [6, 6.07) is 4.32. The molecule has 1 atom stereocenters. The van der Waals surface area contributed by atoms with Gasteiger partial charge in [-0.25, -0.2) is 4.98 Å². The van der Waals surface area contributed by atoms with Gasteiger partial charge < -0.3 is 15.6 Å². The lowest BCUT2D eigenvalue weighted by molar-refractivity contribution is 0.667. The zero-order chi connectivity index (χ0) is 11.0. The molecule has 5 nitrogen and oxygen atoms in total. The van der Waals surface area contributed by atoms with Gasteiger partial charge in [-0.15, -0.1) is 0 Å². The van der Waals surface area contributed by atoms with Gasteiger partial charge in [0, 0.05) is 25.3 Å². The molecule has 16 heavy (non-hydrogen) atoms. The van der Waals surface area contributed by atoms with Crippen LogP contribution in [0.3, 0.4) is 0 Å². The maximum absolute atomic E-state index is 5.76. The van der Waals surface area contributed by atoms with Crippen LogP contribution in [0.4, 0.5) is 5.95 Å². The largest absolute Gasteiger partial charge is 0.338 e. The van der Waals surface area contributed by atoms with Crippen LogP contribution in [-0.2, 0) is 0 Å². The van der Waals surface area contributed by atoms with Gasteiger partial charge in [0.2, 0.25) is 5.95 Å². The van der Waals surface area contributed by atoms with Crippen LogP contribution < -0.4 is 10.6 Å². The summed E-state index contributed by atoms with van der Waals surface area (Å²) in [5, 5.41) is 0. The van der Waals surface area contributed by atoms with E-state index in [2.05, 4.69) is 19.9 Å². The molecule has 5 heteroatoms. The first-order valence-electron chi connectivity index (χ1n) is 5.66. The Morgan fingerprint density at radius 3 is 3.31 bits per heavy atom. The number of nitrogens with one attached hydrogen (secondary N) is 1. The number of aromatic nitrogens is 3. The van der Waals surface area contributed by atoms with Gasteiger partial charge >= 0.3 is 0 Å². The summed E-state index contributed by atoms with van der Waals surface area (Å²) in [7, 11) is 0. The molecule has 0 bridgehead atoms. The number of nitrogens with two attached hydrogens (primary N) is 1. The van der Waals surface area contributed by atoms with Crippen LogP contribution in [0.25, 0.3) is 11.2 Å². The summed E-state index contributed by atoms with van der Waals surface area (Å²) in [5.41, 5.74) is 7.52. The number of nitrogens with zero attached hydrogens (tertiary/aromatic N) is 3. The highest BCUT2D eigenvalue weighted by atomic mass is 15.3. The van der Waals surface area contributed by atoms with Gasteiger partial charge in [-0.3, -0.25) is 0 Å². The molecule has 1 aliphatic heterocycles. The Labute approximate surface area is 93.7 Å². The molecule has 84 valence electrons. The van der Waals surface area contributed by atoms with Crippen molar-refractivity contribution in [2.75, 3.05) is 18.0 Å². The maximum Gasteiger partial charge on any atom is 0.205 e. The minimum absolute atomic E-state index is 0.417. The predicted octanol–water partition coefficient (Wildman–Crippen LogP) is 0.885. The fourth-order valence-corrected chi connectivity index (χ4v) is 2.33. The van der Waals surface area contributed by atoms with Crippen molar-refractivity contribution >= 4 is 17.1 Å². The lowest BCUT2D eigenvalue weighted by Gasteiger charge is -2.22. The highest BCUT2D eigenvalue weighted by Crippen LogP contribution is 2.23. The molecule has 2 aromatic heterocycles. The fourth-order valence-electron chi connectivity index (χ4n) is 2.33. The van der Waals surface area contributed by atoms with Gasteiger partial charge in [0.1, 0.15) is 0 Å². The maximum atomic E-state index is 5.76. The van der Waals surface area contributed by atoms with E-state index in [9.17, 15) is 0 Å². The number of rotatable bonds is 2. The molecule has 1 saturated heterocycles. The summed E-state index contributed by atoms with van der Waals surface area (Å²) in [4.78, 5) is 14.3. The Bertz CT molecular complexity index is 459. The lowest BCUT2D eigenvalue weighted by atomic mass is 10.2. The summed E-state index contributed by atoms with van der Waals surface area (Å²) in [6.07, 6.45) is 4.10. The standard InChI is InChI=1S/C11H15N5/c12-7-8-3-2-6-16(8)11-14-9-4-1-5-13-10(9)15-11/h1,4-5,8H,2-3,6-7,12H2,(H,13,14,15). The highest BCUT2D eigenvalue weighted by molar-refractivity contribution is 5.73. The van der Waals surface area contributed by atoms with Crippen LogP contribution in [0, 0.1) is 0 Å². The number of imidazole rings is 1. The van der Waals surface area contributed by atoms with Crippen LogP contribution in [-0.4, -0.2) is 34.1 Å². The van der Waals surface area contributed by atoms with Gasteiger partial charge in [-0.1, -0.05) is 0 Å². The number of hydrogen-bond donors (Lipinski definition) is 2. The molecule has 0 amide bonds. The van der Waals surface area contributed by atoms with Gasteiger partial charge in [0.15, 0.2) is 5.65 Å². The minimum atomic E-state index is 0.417.